The van der Waals surface area contributed by atoms with Gasteiger partial charge in [0, 0.05) is 23.7 Å². The van der Waals surface area contributed by atoms with Gasteiger partial charge in [0.25, 0.3) is 5.91 Å². The molecule has 7 nitrogen and oxygen atoms in total. The Morgan fingerprint density at radius 2 is 2.08 bits per heavy atom. The van der Waals surface area contributed by atoms with Crippen LogP contribution in [0, 0.1) is 5.82 Å². The van der Waals surface area contributed by atoms with E-state index in [-0.39, 0.29) is 11.4 Å². The zero-order chi connectivity index (χ0) is 17.5. The number of urea groups is 1. The summed E-state index contributed by atoms with van der Waals surface area (Å²) in [7, 11) is 1.48. The van der Waals surface area contributed by atoms with E-state index in [1.54, 1.807) is 12.1 Å². The average Bonchev–Trinajstić information content (AvgIpc) is 2.98. The van der Waals surface area contributed by atoms with Crippen LogP contribution < -0.4 is 10.6 Å². The summed E-state index contributed by atoms with van der Waals surface area (Å²) in [6.45, 7) is -0.0743. The standard InChI is InChI=1S/C15H15FN2O5S/c1-22-6-5-17-15(21)18-13(19)8-23-14(20)12-7-9-10(16)3-2-4-11(9)24-12/h2-4,7H,5-6,8H2,1H3,(H2,17,18,19,21). The van der Waals surface area contributed by atoms with Crippen molar-refractivity contribution in [3.63, 3.8) is 0 Å². The molecule has 2 aromatic rings. The lowest BCUT2D eigenvalue weighted by molar-refractivity contribution is -0.123. The van der Waals surface area contributed by atoms with Crippen LogP contribution in [0.3, 0.4) is 0 Å². The van der Waals surface area contributed by atoms with Gasteiger partial charge in [-0.15, -0.1) is 11.3 Å². The Hall–Kier alpha value is -2.52. The van der Waals surface area contributed by atoms with Gasteiger partial charge in [0.15, 0.2) is 6.61 Å². The Balaban J connectivity index is 1.84. The van der Waals surface area contributed by atoms with Gasteiger partial charge in [-0.25, -0.2) is 14.0 Å². The highest BCUT2D eigenvalue weighted by Gasteiger charge is 2.16. The van der Waals surface area contributed by atoms with Gasteiger partial charge < -0.3 is 14.8 Å². The molecule has 0 aliphatic heterocycles. The number of halogens is 1. The maximum Gasteiger partial charge on any atom is 0.348 e. The van der Waals surface area contributed by atoms with E-state index in [0.29, 0.717) is 16.7 Å². The molecule has 1 aromatic heterocycles. The smallest absolute Gasteiger partial charge is 0.348 e. The Labute approximate surface area is 140 Å². The van der Waals surface area contributed by atoms with Crippen molar-refractivity contribution in [1.29, 1.82) is 0 Å². The highest BCUT2D eigenvalue weighted by Crippen LogP contribution is 2.27. The number of methoxy groups -OCH3 is 1. The van der Waals surface area contributed by atoms with Gasteiger partial charge in [-0.3, -0.25) is 10.1 Å². The number of hydrogen-bond acceptors (Lipinski definition) is 6. The molecule has 0 atom stereocenters. The van der Waals surface area contributed by atoms with Crippen molar-refractivity contribution >= 4 is 39.3 Å². The molecule has 0 unspecified atom stereocenters. The predicted octanol–water partition coefficient (Wildman–Crippen LogP) is 1.67. The van der Waals surface area contributed by atoms with Crippen molar-refractivity contribution in [3.8, 4) is 0 Å². The largest absolute Gasteiger partial charge is 0.451 e. The highest BCUT2D eigenvalue weighted by molar-refractivity contribution is 7.20. The van der Waals surface area contributed by atoms with E-state index in [4.69, 9.17) is 9.47 Å². The predicted molar refractivity (Wildman–Crippen MR) is 85.5 cm³/mol. The number of thiophene rings is 1. The van der Waals surface area contributed by atoms with Crippen LogP contribution in [0.4, 0.5) is 9.18 Å². The number of fused-ring (bicyclic) bond motifs is 1. The third-order valence-corrected chi connectivity index (χ3v) is 3.97. The Kier molecular flexibility index (Phi) is 6.21. The molecule has 1 heterocycles. The molecule has 0 aliphatic rings. The molecule has 1 aromatic carbocycles. The summed E-state index contributed by atoms with van der Waals surface area (Å²) in [5.74, 6) is -1.97. The zero-order valence-electron chi connectivity index (χ0n) is 12.8. The van der Waals surface area contributed by atoms with E-state index in [1.807, 2.05) is 5.32 Å². The summed E-state index contributed by atoms with van der Waals surface area (Å²) in [6, 6.07) is 5.17. The third kappa shape index (κ3) is 4.74. The van der Waals surface area contributed by atoms with Crippen LogP contribution >= 0.6 is 11.3 Å². The Bertz CT molecular complexity index is 761. The fourth-order valence-corrected chi connectivity index (χ4v) is 2.77. The van der Waals surface area contributed by atoms with E-state index in [2.05, 4.69) is 5.32 Å². The number of benzene rings is 1. The number of imide groups is 1. The molecule has 9 heteroatoms. The maximum atomic E-state index is 13.6. The molecule has 24 heavy (non-hydrogen) atoms. The van der Waals surface area contributed by atoms with Crippen LogP contribution in [0.1, 0.15) is 9.67 Å². The molecule has 0 fully saturated rings. The van der Waals surface area contributed by atoms with Crippen molar-refractivity contribution in [1.82, 2.24) is 10.6 Å². The first-order valence-electron chi connectivity index (χ1n) is 6.93. The minimum atomic E-state index is -0.773. The molecule has 0 aliphatic carbocycles. The molecule has 0 saturated heterocycles. The van der Waals surface area contributed by atoms with Crippen LogP contribution in [0.15, 0.2) is 24.3 Å². The van der Waals surface area contributed by atoms with E-state index in [0.717, 1.165) is 11.3 Å². The van der Waals surface area contributed by atoms with Crippen molar-refractivity contribution in [2.45, 2.75) is 0 Å². The molecule has 3 amide bonds. The summed E-state index contributed by atoms with van der Waals surface area (Å²) in [4.78, 5) is 34.9. The minimum Gasteiger partial charge on any atom is -0.451 e. The summed E-state index contributed by atoms with van der Waals surface area (Å²) >= 11 is 1.06. The number of carbonyl (C=O) groups is 3. The van der Waals surface area contributed by atoms with Gasteiger partial charge >= 0.3 is 12.0 Å². The molecular formula is C15H15FN2O5S. The van der Waals surface area contributed by atoms with Gasteiger partial charge in [-0.2, -0.15) is 0 Å². The number of rotatable bonds is 6. The molecule has 0 radical (unpaired) electrons. The number of hydrogen-bond donors (Lipinski definition) is 2. The minimum absolute atomic E-state index is 0.174. The lowest BCUT2D eigenvalue weighted by Crippen LogP contribution is -2.42. The van der Waals surface area contributed by atoms with E-state index < -0.39 is 30.3 Å². The lowest BCUT2D eigenvalue weighted by Gasteiger charge is -2.06. The summed E-state index contributed by atoms with van der Waals surface area (Å²) in [5, 5.41) is 4.70. The van der Waals surface area contributed by atoms with Crippen LogP contribution in [0.2, 0.25) is 0 Å². The van der Waals surface area contributed by atoms with Crippen molar-refractivity contribution < 1.29 is 28.2 Å². The molecule has 0 saturated carbocycles. The Morgan fingerprint density at radius 1 is 1.29 bits per heavy atom. The molecule has 2 rings (SSSR count). The van der Waals surface area contributed by atoms with Crippen molar-refractivity contribution in [3.05, 3.63) is 35.0 Å². The summed E-state index contributed by atoms with van der Waals surface area (Å²) in [6.07, 6.45) is 0. The van der Waals surface area contributed by atoms with Crippen molar-refractivity contribution in [2.75, 3.05) is 26.9 Å². The van der Waals surface area contributed by atoms with Crippen LogP contribution in [-0.2, 0) is 14.3 Å². The molecular weight excluding hydrogens is 339 g/mol. The second-order valence-corrected chi connectivity index (χ2v) is 5.72. The zero-order valence-corrected chi connectivity index (χ0v) is 13.6. The van der Waals surface area contributed by atoms with Gasteiger partial charge in [0.1, 0.15) is 10.7 Å². The quantitative estimate of drug-likeness (QED) is 0.608. The highest BCUT2D eigenvalue weighted by atomic mass is 32.1. The number of nitrogens with one attached hydrogen (secondary N) is 2. The average molecular weight is 354 g/mol. The number of esters is 1. The van der Waals surface area contributed by atoms with Gasteiger partial charge in [0.05, 0.1) is 6.61 Å². The molecule has 128 valence electrons. The first kappa shape index (κ1) is 17.8. The van der Waals surface area contributed by atoms with Crippen LogP contribution in [0.5, 0.6) is 0 Å². The van der Waals surface area contributed by atoms with Gasteiger partial charge in [0.2, 0.25) is 0 Å². The van der Waals surface area contributed by atoms with Gasteiger partial charge in [-0.1, -0.05) is 6.07 Å². The summed E-state index contributed by atoms with van der Waals surface area (Å²) in [5.41, 5.74) is 0. The third-order valence-electron chi connectivity index (χ3n) is 2.89. The van der Waals surface area contributed by atoms with E-state index >= 15 is 0 Å². The number of amides is 3. The summed E-state index contributed by atoms with van der Waals surface area (Å²) < 4.78 is 23.7. The maximum absolute atomic E-state index is 13.6. The molecule has 0 bridgehead atoms. The normalized spacial score (nSPS) is 10.4. The first-order chi connectivity index (χ1) is 11.5. The van der Waals surface area contributed by atoms with E-state index in [9.17, 15) is 18.8 Å². The van der Waals surface area contributed by atoms with Crippen LogP contribution in [-0.4, -0.2) is 44.8 Å². The monoisotopic (exact) mass is 354 g/mol. The Morgan fingerprint density at radius 3 is 2.79 bits per heavy atom. The molecule has 2 N–H and O–H groups in total. The first-order valence-corrected chi connectivity index (χ1v) is 7.74. The fourth-order valence-electron chi connectivity index (χ4n) is 1.80. The van der Waals surface area contributed by atoms with E-state index in [1.165, 1.54) is 19.2 Å². The number of carbonyl (C=O) groups excluding carboxylic acids is 3. The SMILES string of the molecule is COCCNC(=O)NC(=O)COC(=O)c1cc2c(F)cccc2s1. The second-order valence-electron chi connectivity index (χ2n) is 4.64. The van der Waals surface area contributed by atoms with Crippen LogP contribution in [0.25, 0.3) is 10.1 Å². The van der Waals surface area contributed by atoms with Gasteiger partial charge in [-0.05, 0) is 18.2 Å². The fraction of sp³-hybridized carbons (Fsp3) is 0.267. The lowest BCUT2D eigenvalue weighted by atomic mass is 10.2. The van der Waals surface area contributed by atoms with Crippen molar-refractivity contribution in [2.24, 2.45) is 0 Å². The topological polar surface area (TPSA) is 93.7 Å². The number of ether oxygens (including phenoxy) is 2. The second kappa shape index (κ2) is 8.37. The molecule has 0 spiro atoms.